The number of anilines is 1. The first kappa shape index (κ1) is 20.5. The van der Waals surface area contributed by atoms with Gasteiger partial charge in [-0.05, 0) is 55.0 Å². The standard InChI is InChI=1S/C24H21FN4O2/c1-24(31,17-5-3-2-4-6-17)14-22(30)28-23-27-20-12-7-16(15-26)13-21(20)29(23)19-10-8-18(25)9-11-19/h2-13,22,30-31H,14H2,1H3,(H,27,28)/t22?,24-/m1/s1. The minimum Gasteiger partial charge on any atom is -0.385 e. The summed E-state index contributed by atoms with van der Waals surface area (Å²) < 4.78 is 15.2. The van der Waals surface area contributed by atoms with Crippen molar-refractivity contribution in [2.75, 3.05) is 5.32 Å². The SMILES string of the molecule is C[C@@](O)(CC(O)Nc1nc2ccc(C#N)cc2n1-c1ccc(F)cc1)c1ccccc1. The lowest BCUT2D eigenvalue weighted by Gasteiger charge is -2.27. The number of benzene rings is 3. The molecule has 4 aromatic rings. The highest BCUT2D eigenvalue weighted by atomic mass is 19.1. The third-order valence-electron chi connectivity index (χ3n) is 5.15. The number of rotatable bonds is 6. The van der Waals surface area contributed by atoms with Crippen molar-refractivity contribution in [3.63, 3.8) is 0 Å². The molecule has 3 aromatic carbocycles. The van der Waals surface area contributed by atoms with E-state index in [2.05, 4.69) is 16.4 Å². The van der Waals surface area contributed by atoms with E-state index in [9.17, 15) is 19.9 Å². The summed E-state index contributed by atoms with van der Waals surface area (Å²) in [7, 11) is 0. The van der Waals surface area contributed by atoms with Gasteiger partial charge in [-0.15, -0.1) is 0 Å². The molecule has 0 aliphatic heterocycles. The topological polar surface area (TPSA) is 94.1 Å². The van der Waals surface area contributed by atoms with Gasteiger partial charge in [0.2, 0.25) is 5.95 Å². The smallest absolute Gasteiger partial charge is 0.210 e. The second kappa shape index (κ2) is 8.19. The Kier molecular flexibility index (Phi) is 5.42. The minimum atomic E-state index is -1.27. The zero-order valence-electron chi connectivity index (χ0n) is 16.8. The molecule has 4 rings (SSSR count). The van der Waals surface area contributed by atoms with Crippen molar-refractivity contribution >= 4 is 17.0 Å². The maximum Gasteiger partial charge on any atom is 0.210 e. The average molecular weight is 416 g/mol. The summed E-state index contributed by atoms with van der Waals surface area (Å²) in [6, 6.07) is 22.1. The van der Waals surface area contributed by atoms with Gasteiger partial charge in [-0.3, -0.25) is 4.57 Å². The van der Waals surface area contributed by atoms with Crippen molar-refractivity contribution in [3.05, 3.63) is 89.7 Å². The number of halogens is 1. The molecule has 0 amide bonds. The maximum atomic E-state index is 13.5. The molecule has 31 heavy (non-hydrogen) atoms. The molecule has 0 spiro atoms. The van der Waals surface area contributed by atoms with Crippen LogP contribution in [0, 0.1) is 17.1 Å². The first-order valence-corrected chi connectivity index (χ1v) is 9.78. The van der Waals surface area contributed by atoms with Gasteiger partial charge in [0.1, 0.15) is 12.0 Å². The zero-order chi connectivity index (χ0) is 22.0. The van der Waals surface area contributed by atoms with E-state index in [0.29, 0.717) is 33.8 Å². The molecule has 2 atom stereocenters. The van der Waals surface area contributed by atoms with Crippen molar-refractivity contribution in [1.29, 1.82) is 5.26 Å². The monoisotopic (exact) mass is 416 g/mol. The molecule has 156 valence electrons. The summed E-state index contributed by atoms with van der Waals surface area (Å²) in [5.74, 6) is -0.0626. The molecule has 0 aliphatic carbocycles. The number of nitrogens with one attached hydrogen (secondary N) is 1. The number of aliphatic hydroxyl groups excluding tert-OH is 1. The van der Waals surface area contributed by atoms with E-state index in [-0.39, 0.29) is 12.2 Å². The molecule has 0 fully saturated rings. The van der Waals surface area contributed by atoms with Gasteiger partial charge in [0, 0.05) is 12.1 Å². The van der Waals surface area contributed by atoms with Crippen molar-refractivity contribution in [2.24, 2.45) is 0 Å². The number of aliphatic hydroxyl groups is 2. The summed E-state index contributed by atoms with van der Waals surface area (Å²) >= 11 is 0. The Bertz CT molecular complexity index is 1240. The van der Waals surface area contributed by atoms with Crippen LogP contribution in [0.1, 0.15) is 24.5 Å². The number of hydrogen-bond donors (Lipinski definition) is 3. The number of fused-ring (bicyclic) bond motifs is 1. The maximum absolute atomic E-state index is 13.5. The molecular formula is C24H21FN4O2. The van der Waals surface area contributed by atoms with Gasteiger partial charge >= 0.3 is 0 Å². The highest BCUT2D eigenvalue weighted by molar-refractivity contribution is 5.82. The van der Waals surface area contributed by atoms with E-state index in [1.807, 2.05) is 18.2 Å². The van der Waals surface area contributed by atoms with Gasteiger partial charge in [0.15, 0.2) is 0 Å². The number of hydrogen-bond acceptors (Lipinski definition) is 5. The number of nitriles is 1. The van der Waals surface area contributed by atoms with Crippen LogP contribution in [0.2, 0.25) is 0 Å². The highest BCUT2D eigenvalue weighted by Crippen LogP contribution is 2.29. The lowest BCUT2D eigenvalue weighted by molar-refractivity contribution is 0.00792. The van der Waals surface area contributed by atoms with E-state index < -0.39 is 11.8 Å². The molecule has 3 N–H and O–H groups in total. The van der Waals surface area contributed by atoms with Crippen LogP contribution in [0.3, 0.4) is 0 Å². The van der Waals surface area contributed by atoms with Gasteiger partial charge < -0.3 is 15.5 Å². The normalized spacial score (nSPS) is 14.0. The highest BCUT2D eigenvalue weighted by Gasteiger charge is 2.27. The molecule has 7 heteroatoms. The second-order valence-electron chi connectivity index (χ2n) is 7.57. The van der Waals surface area contributed by atoms with Crippen LogP contribution in [-0.2, 0) is 5.60 Å². The minimum absolute atomic E-state index is 0.00703. The molecule has 1 aromatic heterocycles. The summed E-state index contributed by atoms with van der Waals surface area (Å²) in [5, 5.41) is 33.8. The molecule has 0 saturated heterocycles. The molecule has 1 unspecified atom stereocenters. The van der Waals surface area contributed by atoms with Crippen LogP contribution in [0.4, 0.5) is 10.3 Å². The second-order valence-corrected chi connectivity index (χ2v) is 7.57. The molecule has 0 radical (unpaired) electrons. The van der Waals surface area contributed by atoms with Gasteiger partial charge in [0.25, 0.3) is 0 Å². The third-order valence-corrected chi connectivity index (χ3v) is 5.15. The van der Waals surface area contributed by atoms with Gasteiger partial charge in [-0.2, -0.15) is 5.26 Å². The van der Waals surface area contributed by atoms with Gasteiger partial charge in [-0.1, -0.05) is 30.3 Å². The molecule has 0 bridgehead atoms. The number of aromatic nitrogens is 2. The van der Waals surface area contributed by atoms with E-state index in [0.717, 1.165) is 0 Å². The van der Waals surface area contributed by atoms with Crippen LogP contribution in [0.5, 0.6) is 0 Å². The Balaban J connectivity index is 1.70. The fraction of sp³-hybridized carbons (Fsp3) is 0.167. The Hall–Kier alpha value is -3.73. The first-order chi connectivity index (χ1) is 14.9. The van der Waals surface area contributed by atoms with Gasteiger partial charge in [0.05, 0.1) is 28.3 Å². The molecule has 1 heterocycles. The van der Waals surface area contributed by atoms with E-state index in [1.165, 1.54) is 12.1 Å². The Morgan fingerprint density at radius 1 is 1.13 bits per heavy atom. The van der Waals surface area contributed by atoms with Crippen molar-refractivity contribution in [3.8, 4) is 11.8 Å². The van der Waals surface area contributed by atoms with E-state index >= 15 is 0 Å². The lowest BCUT2D eigenvalue weighted by atomic mass is 9.92. The van der Waals surface area contributed by atoms with Crippen molar-refractivity contribution < 1.29 is 14.6 Å². The van der Waals surface area contributed by atoms with Crippen LogP contribution in [-0.4, -0.2) is 26.0 Å². The summed E-state index contributed by atoms with van der Waals surface area (Å²) in [6.07, 6.45) is -1.12. The molecular weight excluding hydrogens is 395 g/mol. The Morgan fingerprint density at radius 2 is 1.84 bits per heavy atom. The fourth-order valence-electron chi connectivity index (χ4n) is 3.58. The third kappa shape index (κ3) is 4.26. The molecule has 0 saturated carbocycles. The lowest BCUT2D eigenvalue weighted by Crippen LogP contribution is -2.32. The summed E-state index contributed by atoms with van der Waals surface area (Å²) in [6.45, 7) is 1.63. The predicted octanol–water partition coefficient (Wildman–Crippen LogP) is 4.06. The Labute approximate surface area is 178 Å². The summed E-state index contributed by atoms with van der Waals surface area (Å²) in [4.78, 5) is 4.54. The van der Waals surface area contributed by atoms with Gasteiger partial charge in [-0.25, -0.2) is 9.37 Å². The number of imidazole rings is 1. The van der Waals surface area contributed by atoms with Crippen LogP contribution >= 0.6 is 0 Å². The van der Waals surface area contributed by atoms with E-state index in [1.54, 1.807) is 54.0 Å². The number of nitrogens with zero attached hydrogens (tertiary/aromatic N) is 3. The molecule has 6 nitrogen and oxygen atoms in total. The Morgan fingerprint density at radius 3 is 2.52 bits per heavy atom. The largest absolute Gasteiger partial charge is 0.385 e. The molecule has 0 aliphatic rings. The van der Waals surface area contributed by atoms with Crippen LogP contribution in [0.25, 0.3) is 16.7 Å². The van der Waals surface area contributed by atoms with Crippen LogP contribution in [0.15, 0.2) is 72.8 Å². The van der Waals surface area contributed by atoms with Crippen molar-refractivity contribution in [2.45, 2.75) is 25.2 Å². The summed E-state index contributed by atoms with van der Waals surface area (Å²) in [5.41, 5.74) is 1.72. The predicted molar refractivity (Wildman–Crippen MR) is 116 cm³/mol. The van der Waals surface area contributed by atoms with E-state index in [4.69, 9.17) is 0 Å². The first-order valence-electron chi connectivity index (χ1n) is 9.78. The quantitative estimate of drug-likeness (QED) is 0.412. The zero-order valence-corrected chi connectivity index (χ0v) is 16.8. The fourth-order valence-corrected chi connectivity index (χ4v) is 3.58. The average Bonchev–Trinajstić information content (AvgIpc) is 3.11. The van der Waals surface area contributed by atoms with Crippen LogP contribution < -0.4 is 5.32 Å². The van der Waals surface area contributed by atoms with Crippen molar-refractivity contribution in [1.82, 2.24) is 9.55 Å².